The number of hydrogen-bond donors (Lipinski definition) is 1. The number of nitrogens with zero attached hydrogens (tertiary/aromatic N) is 1. The van der Waals surface area contributed by atoms with Crippen LogP contribution in [0.2, 0.25) is 0 Å². The van der Waals surface area contributed by atoms with Crippen LogP contribution in [0, 0.1) is 5.92 Å². The van der Waals surface area contributed by atoms with Crippen LogP contribution in [0.25, 0.3) is 0 Å². The SMILES string of the molecule is CC(C)(C)OC(=O)N1CC[C@H]2CNS(=O)(=O)[C@H]2CC1. The number of hydrogen-bond acceptors (Lipinski definition) is 4. The zero-order valence-electron chi connectivity index (χ0n) is 11.7. The summed E-state index contributed by atoms with van der Waals surface area (Å²) in [7, 11) is -3.18. The lowest BCUT2D eigenvalue weighted by molar-refractivity contribution is 0.0255. The van der Waals surface area contributed by atoms with Gasteiger partial charge in [0, 0.05) is 19.6 Å². The van der Waals surface area contributed by atoms with Gasteiger partial charge in [-0.25, -0.2) is 17.9 Å². The van der Waals surface area contributed by atoms with Gasteiger partial charge in [0.25, 0.3) is 0 Å². The molecule has 0 bridgehead atoms. The molecule has 1 amide bonds. The first kappa shape index (κ1) is 14.6. The molecule has 0 aliphatic carbocycles. The molecule has 0 radical (unpaired) electrons. The van der Waals surface area contributed by atoms with Crippen LogP contribution >= 0.6 is 0 Å². The van der Waals surface area contributed by atoms with E-state index >= 15 is 0 Å². The summed E-state index contributed by atoms with van der Waals surface area (Å²) in [6.45, 7) is 6.98. The molecule has 0 aromatic rings. The minimum Gasteiger partial charge on any atom is -0.444 e. The first-order valence-corrected chi connectivity index (χ1v) is 8.20. The van der Waals surface area contributed by atoms with Crippen molar-refractivity contribution in [2.45, 2.75) is 44.5 Å². The summed E-state index contributed by atoms with van der Waals surface area (Å²) in [6, 6.07) is 0. The zero-order valence-corrected chi connectivity index (χ0v) is 12.5. The Balaban J connectivity index is 2.00. The summed E-state index contributed by atoms with van der Waals surface area (Å²) in [6.07, 6.45) is 0.841. The van der Waals surface area contributed by atoms with E-state index in [0.717, 1.165) is 0 Å². The molecule has 2 heterocycles. The maximum absolute atomic E-state index is 12.0. The molecule has 2 aliphatic rings. The molecular formula is C12H22N2O4S. The van der Waals surface area contributed by atoms with Gasteiger partial charge >= 0.3 is 6.09 Å². The van der Waals surface area contributed by atoms with E-state index in [2.05, 4.69) is 4.72 Å². The van der Waals surface area contributed by atoms with E-state index in [1.165, 1.54) is 0 Å². The van der Waals surface area contributed by atoms with Gasteiger partial charge in [0.1, 0.15) is 5.60 Å². The summed E-state index contributed by atoms with van der Waals surface area (Å²) in [5.41, 5.74) is -0.521. The van der Waals surface area contributed by atoms with Crippen molar-refractivity contribution >= 4 is 16.1 Å². The molecule has 0 aromatic heterocycles. The van der Waals surface area contributed by atoms with Crippen LogP contribution < -0.4 is 4.72 Å². The minimum atomic E-state index is -3.18. The third-order valence-corrected chi connectivity index (χ3v) is 5.56. The normalized spacial score (nSPS) is 30.6. The maximum Gasteiger partial charge on any atom is 0.410 e. The lowest BCUT2D eigenvalue weighted by Crippen LogP contribution is -2.38. The fraction of sp³-hybridized carbons (Fsp3) is 0.917. The molecule has 0 spiro atoms. The van der Waals surface area contributed by atoms with Gasteiger partial charge in [0.2, 0.25) is 10.0 Å². The largest absolute Gasteiger partial charge is 0.444 e. The van der Waals surface area contributed by atoms with Crippen molar-refractivity contribution in [1.82, 2.24) is 9.62 Å². The van der Waals surface area contributed by atoms with Crippen LogP contribution in [0.3, 0.4) is 0 Å². The van der Waals surface area contributed by atoms with Gasteiger partial charge in [0.05, 0.1) is 5.25 Å². The number of carbonyl (C=O) groups is 1. The number of ether oxygens (including phenoxy) is 1. The topological polar surface area (TPSA) is 75.7 Å². The average molecular weight is 290 g/mol. The molecule has 7 heteroatoms. The van der Waals surface area contributed by atoms with E-state index in [-0.39, 0.29) is 17.3 Å². The van der Waals surface area contributed by atoms with Crippen molar-refractivity contribution in [3.05, 3.63) is 0 Å². The summed E-state index contributed by atoms with van der Waals surface area (Å²) in [4.78, 5) is 13.6. The highest BCUT2D eigenvalue weighted by Crippen LogP contribution is 2.28. The van der Waals surface area contributed by atoms with Crippen LogP contribution in [0.5, 0.6) is 0 Å². The molecular weight excluding hydrogens is 268 g/mol. The van der Waals surface area contributed by atoms with Crippen molar-refractivity contribution in [3.63, 3.8) is 0 Å². The number of amides is 1. The summed E-state index contributed by atoms with van der Waals surface area (Å²) < 4.78 is 31.5. The lowest BCUT2D eigenvalue weighted by Gasteiger charge is -2.26. The first-order chi connectivity index (χ1) is 8.69. The molecule has 0 unspecified atom stereocenters. The van der Waals surface area contributed by atoms with Crippen molar-refractivity contribution < 1.29 is 17.9 Å². The number of sulfonamides is 1. The molecule has 2 saturated heterocycles. The molecule has 0 saturated carbocycles. The third-order valence-electron chi connectivity index (χ3n) is 3.58. The van der Waals surface area contributed by atoms with Crippen molar-refractivity contribution in [1.29, 1.82) is 0 Å². The third kappa shape index (κ3) is 3.39. The molecule has 19 heavy (non-hydrogen) atoms. The van der Waals surface area contributed by atoms with E-state index in [4.69, 9.17) is 4.74 Å². The van der Waals surface area contributed by atoms with Gasteiger partial charge < -0.3 is 9.64 Å². The Morgan fingerprint density at radius 1 is 1.26 bits per heavy atom. The van der Waals surface area contributed by atoms with E-state index in [1.807, 2.05) is 20.8 Å². The molecule has 6 nitrogen and oxygen atoms in total. The Kier molecular flexibility index (Phi) is 3.79. The smallest absolute Gasteiger partial charge is 0.410 e. The molecule has 110 valence electrons. The standard InChI is InChI=1S/C12H22N2O4S/c1-12(2,3)18-11(15)14-6-4-9-8-13-19(16,17)10(9)5-7-14/h9-10,13H,4-8H2,1-3H3/t9-,10-/m0/s1. The summed E-state index contributed by atoms with van der Waals surface area (Å²) in [5, 5.41) is -0.361. The van der Waals surface area contributed by atoms with Crippen LogP contribution in [0.15, 0.2) is 0 Å². The second kappa shape index (κ2) is 4.94. The van der Waals surface area contributed by atoms with Crippen LogP contribution in [-0.4, -0.2) is 49.9 Å². The Morgan fingerprint density at radius 3 is 2.53 bits per heavy atom. The Morgan fingerprint density at radius 2 is 1.89 bits per heavy atom. The quantitative estimate of drug-likeness (QED) is 0.720. The Hall–Kier alpha value is -0.820. The predicted octanol–water partition coefficient (Wildman–Crippen LogP) is 0.935. The number of fused-ring (bicyclic) bond motifs is 1. The fourth-order valence-corrected chi connectivity index (χ4v) is 4.43. The fourth-order valence-electron chi connectivity index (χ4n) is 2.62. The summed E-state index contributed by atoms with van der Waals surface area (Å²) >= 11 is 0. The monoisotopic (exact) mass is 290 g/mol. The van der Waals surface area contributed by atoms with Gasteiger partial charge in [-0.1, -0.05) is 0 Å². The summed E-state index contributed by atoms with van der Waals surface area (Å²) in [5.74, 6) is 0.109. The number of nitrogens with one attached hydrogen (secondary N) is 1. The second-order valence-corrected chi connectivity index (χ2v) is 8.22. The molecule has 2 aliphatic heterocycles. The van der Waals surface area contributed by atoms with Crippen molar-refractivity contribution in [2.24, 2.45) is 5.92 Å². The van der Waals surface area contributed by atoms with Gasteiger partial charge in [0.15, 0.2) is 0 Å². The molecule has 1 N–H and O–H groups in total. The first-order valence-electron chi connectivity index (χ1n) is 6.65. The Labute approximate surface area is 114 Å². The molecule has 2 rings (SSSR count). The molecule has 0 aromatic carbocycles. The molecule has 2 fully saturated rings. The van der Waals surface area contributed by atoms with E-state index < -0.39 is 15.6 Å². The van der Waals surface area contributed by atoms with Crippen molar-refractivity contribution in [2.75, 3.05) is 19.6 Å². The predicted molar refractivity (Wildman–Crippen MR) is 71.2 cm³/mol. The van der Waals surface area contributed by atoms with E-state index in [0.29, 0.717) is 32.5 Å². The highest BCUT2D eigenvalue weighted by atomic mass is 32.2. The number of rotatable bonds is 0. The van der Waals surface area contributed by atoms with E-state index in [1.54, 1.807) is 4.90 Å². The van der Waals surface area contributed by atoms with Crippen LogP contribution in [0.4, 0.5) is 4.79 Å². The number of carbonyl (C=O) groups excluding carboxylic acids is 1. The zero-order chi connectivity index (χ0) is 14.3. The van der Waals surface area contributed by atoms with E-state index in [9.17, 15) is 13.2 Å². The average Bonchev–Trinajstić information content (AvgIpc) is 2.46. The van der Waals surface area contributed by atoms with Gasteiger partial charge in [-0.3, -0.25) is 0 Å². The van der Waals surface area contributed by atoms with Gasteiger partial charge in [-0.05, 0) is 39.5 Å². The highest BCUT2D eigenvalue weighted by Gasteiger charge is 2.42. The van der Waals surface area contributed by atoms with Crippen LogP contribution in [0.1, 0.15) is 33.6 Å². The second-order valence-electron chi connectivity index (χ2n) is 6.24. The highest BCUT2D eigenvalue weighted by molar-refractivity contribution is 7.90. The van der Waals surface area contributed by atoms with Crippen molar-refractivity contribution in [3.8, 4) is 0 Å². The maximum atomic E-state index is 12.0. The Bertz CT molecular complexity index is 455. The van der Waals surface area contributed by atoms with Gasteiger partial charge in [-0.2, -0.15) is 0 Å². The minimum absolute atomic E-state index is 0.109. The molecule has 2 atom stereocenters. The number of likely N-dealkylation sites (tertiary alicyclic amines) is 1. The van der Waals surface area contributed by atoms with Gasteiger partial charge in [-0.15, -0.1) is 0 Å². The lowest BCUT2D eigenvalue weighted by atomic mass is 10.0. The van der Waals surface area contributed by atoms with Crippen LogP contribution in [-0.2, 0) is 14.8 Å².